The van der Waals surface area contributed by atoms with Crippen molar-refractivity contribution < 1.29 is 8.42 Å². The fraction of sp³-hybridized carbons (Fsp3) is 0.562. The Labute approximate surface area is 154 Å². The molecule has 0 aromatic heterocycles. The molecule has 0 unspecified atom stereocenters. The molecule has 2 saturated heterocycles. The van der Waals surface area contributed by atoms with Crippen molar-refractivity contribution in [3.8, 4) is 0 Å². The fourth-order valence-electron chi connectivity index (χ4n) is 3.16. The SMILES string of the molecule is NC(=NCCN1CCCS1(=O)=O)N1CCN(c2ccc(Cl)cc2)CC1. The molecule has 2 aliphatic rings. The van der Waals surface area contributed by atoms with Crippen LogP contribution in [0, 0.1) is 0 Å². The maximum absolute atomic E-state index is 11.8. The standard InChI is InChI=1S/C16H24ClN5O2S/c17-14-2-4-15(5-3-14)20-9-11-21(12-10-20)16(18)19-6-8-22-7-1-13-25(22,23)24/h2-5H,1,6-13H2,(H2,18,19). The zero-order chi connectivity index (χ0) is 17.9. The quantitative estimate of drug-likeness (QED) is 0.612. The Morgan fingerprint density at radius 2 is 1.80 bits per heavy atom. The summed E-state index contributed by atoms with van der Waals surface area (Å²) in [6, 6.07) is 7.83. The monoisotopic (exact) mass is 385 g/mol. The predicted molar refractivity (Wildman–Crippen MR) is 102 cm³/mol. The zero-order valence-corrected chi connectivity index (χ0v) is 15.7. The minimum atomic E-state index is -3.06. The number of piperazine rings is 1. The number of sulfonamides is 1. The highest BCUT2D eigenvalue weighted by Crippen LogP contribution is 2.19. The van der Waals surface area contributed by atoms with Crippen LogP contribution >= 0.6 is 11.6 Å². The lowest BCUT2D eigenvalue weighted by molar-refractivity contribution is 0.379. The molecule has 25 heavy (non-hydrogen) atoms. The van der Waals surface area contributed by atoms with Crippen LogP contribution in [-0.2, 0) is 10.0 Å². The molecular formula is C16H24ClN5O2S. The number of rotatable bonds is 4. The molecule has 0 saturated carbocycles. The van der Waals surface area contributed by atoms with Crippen molar-refractivity contribution in [1.82, 2.24) is 9.21 Å². The molecule has 0 aliphatic carbocycles. The van der Waals surface area contributed by atoms with E-state index in [2.05, 4.69) is 9.89 Å². The smallest absolute Gasteiger partial charge is 0.214 e. The van der Waals surface area contributed by atoms with Gasteiger partial charge in [0.2, 0.25) is 10.0 Å². The lowest BCUT2D eigenvalue weighted by Crippen LogP contribution is -2.51. The Morgan fingerprint density at radius 1 is 1.12 bits per heavy atom. The van der Waals surface area contributed by atoms with Crippen molar-refractivity contribution in [1.29, 1.82) is 0 Å². The molecule has 0 radical (unpaired) electrons. The van der Waals surface area contributed by atoms with Gasteiger partial charge in [0.1, 0.15) is 0 Å². The van der Waals surface area contributed by atoms with Crippen molar-refractivity contribution in [2.75, 3.05) is 56.5 Å². The lowest BCUT2D eigenvalue weighted by Gasteiger charge is -2.36. The summed E-state index contributed by atoms with van der Waals surface area (Å²) in [5.74, 6) is 0.742. The van der Waals surface area contributed by atoms with Crippen molar-refractivity contribution >= 4 is 33.3 Å². The van der Waals surface area contributed by atoms with Gasteiger partial charge in [0, 0.05) is 50.0 Å². The number of hydrogen-bond acceptors (Lipinski definition) is 4. The first kappa shape index (κ1) is 18.3. The molecule has 2 heterocycles. The van der Waals surface area contributed by atoms with E-state index in [4.69, 9.17) is 17.3 Å². The van der Waals surface area contributed by atoms with E-state index in [0.717, 1.165) is 36.9 Å². The maximum atomic E-state index is 11.8. The normalized spacial score (nSPS) is 21.7. The Morgan fingerprint density at radius 3 is 2.40 bits per heavy atom. The summed E-state index contributed by atoms with van der Waals surface area (Å²) in [6.45, 7) is 4.71. The number of nitrogens with zero attached hydrogens (tertiary/aromatic N) is 4. The average molecular weight is 386 g/mol. The molecule has 2 fully saturated rings. The molecule has 1 aromatic rings. The molecule has 0 bridgehead atoms. The van der Waals surface area contributed by atoms with Gasteiger partial charge >= 0.3 is 0 Å². The van der Waals surface area contributed by atoms with Gasteiger partial charge < -0.3 is 15.5 Å². The Hall–Kier alpha value is -1.51. The summed E-state index contributed by atoms with van der Waals surface area (Å²) in [4.78, 5) is 8.70. The first-order valence-corrected chi connectivity index (χ1v) is 10.5. The van der Waals surface area contributed by atoms with Gasteiger partial charge in [-0.2, -0.15) is 0 Å². The third-order valence-corrected chi connectivity index (χ3v) is 6.83. The maximum Gasteiger partial charge on any atom is 0.214 e. The van der Waals surface area contributed by atoms with Gasteiger partial charge in [-0.25, -0.2) is 12.7 Å². The van der Waals surface area contributed by atoms with Crippen LogP contribution in [0.5, 0.6) is 0 Å². The number of nitrogens with two attached hydrogens (primary N) is 1. The molecule has 7 nitrogen and oxygen atoms in total. The summed E-state index contributed by atoms with van der Waals surface area (Å²) in [5.41, 5.74) is 7.23. The summed E-state index contributed by atoms with van der Waals surface area (Å²) in [5, 5.41) is 0.735. The summed E-state index contributed by atoms with van der Waals surface area (Å²) in [6.07, 6.45) is 0.703. The van der Waals surface area contributed by atoms with Crippen molar-refractivity contribution in [2.45, 2.75) is 6.42 Å². The lowest BCUT2D eigenvalue weighted by atomic mass is 10.2. The molecule has 0 spiro atoms. The van der Waals surface area contributed by atoms with E-state index < -0.39 is 10.0 Å². The highest BCUT2D eigenvalue weighted by Gasteiger charge is 2.27. The van der Waals surface area contributed by atoms with E-state index >= 15 is 0 Å². The van der Waals surface area contributed by atoms with E-state index in [1.165, 1.54) is 4.31 Å². The van der Waals surface area contributed by atoms with Gasteiger partial charge in [0.05, 0.1) is 12.3 Å². The van der Waals surface area contributed by atoms with E-state index in [1.807, 2.05) is 29.2 Å². The van der Waals surface area contributed by atoms with Gasteiger partial charge in [-0.05, 0) is 30.7 Å². The molecule has 138 valence electrons. The summed E-state index contributed by atoms with van der Waals surface area (Å²) >= 11 is 5.93. The van der Waals surface area contributed by atoms with Gasteiger partial charge in [-0.3, -0.25) is 4.99 Å². The second-order valence-corrected chi connectivity index (χ2v) is 8.78. The molecule has 0 atom stereocenters. The minimum Gasteiger partial charge on any atom is -0.370 e. The minimum absolute atomic E-state index is 0.249. The van der Waals surface area contributed by atoms with Crippen molar-refractivity contribution in [3.05, 3.63) is 29.3 Å². The van der Waals surface area contributed by atoms with Crippen molar-refractivity contribution in [2.24, 2.45) is 10.7 Å². The van der Waals surface area contributed by atoms with Crippen LogP contribution in [0.4, 0.5) is 5.69 Å². The van der Waals surface area contributed by atoms with Crippen LogP contribution in [0.1, 0.15) is 6.42 Å². The highest BCUT2D eigenvalue weighted by atomic mass is 35.5. The largest absolute Gasteiger partial charge is 0.370 e. The van der Waals surface area contributed by atoms with Gasteiger partial charge in [-0.15, -0.1) is 0 Å². The van der Waals surface area contributed by atoms with Crippen LogP contribution in [0.15, 0.2) is 29.3 Å². The van der Waals surface area contributed by atoms with Crippen LogP contribution in [0.2, 0.25) is 5.02 Å². The first-order chi connectivity index (χ1) is 12.0. The fourth-order valence-corrected chi connectivity index (χ4v) is 4.81. The molecule has 1 aromatic carbocycles. The van der Waals surface area contributed by atoms with Gasteiger partial charge in [0.25, 0.3) is 0 Å². The third kappa shape index (κ3) is 4.56. The van der Waals surface area contributed by atoms with Gasteiger partial charge in [0.15, 0.2) is 5.96 Å². The number of benzene rings is 1. The van der Waals surface area contributed by atoms with E-state index in [0.29, 0.717) is 32.0 Å². The average Bonchev–Trinajstić information content (AvgIpc) is 2.94. The third-order valence-electron chi connectivity index (χ3n) is 4.62. The number of anilines is 1. The topological polar surface area (TPSA) is 82.2 Å². The number of guanidine groups is 1. The first-order valence-electron chi connectivity index (χ1n) is 8.49. The van der Waals surface area contributed by atoms with E-state index in [9.17, 15) is 8.42 Å². The Kier molecular flexibility index (Phi) is 5.71. The number of aliphatic imine (C=N–C) groups is 1. The summed E-state index contributed by atoms with van der Waals surface area (Å²) in [7, 11) is -3.06. The molecule has 3 rings (SSSR count). The Balaban J connectivity index is 1.47. The Bertz CT molecular complexity index is 715. The molecule has 2 N–H and O–H groups in total. The molecule has 2 aliphatic heterocycles. The molecular weight excluding hydrogens is 362 g/mol. The zero-order valence-electron chi connectivity index (χ0n) is 14.1. The van der Waals surface area contributed by atoms with Crippen LogP contribution in [0.3, 0.4) is 0 Å². The number of hydrogen-bond donors (Lipinski definition) is 1. The van der Waals surface area contributed by atoms with E-state index in [-0.39, 0.29) is 5.75 Å². The predicted octanol–water partition coefficient (Wildman–Crippen LogP) is 0.812. The van der Waals surface area contributed by atoms with E-state index in [1.54, 1.807) is 0 Å². The highest BCUT2D eigenvalue weighted by molar-refractivity contribution is 7.89. The molecule has 9 heteroatoms. The van der Waals surface area contributed by atoms with Crippen molar-refractivity contribution in [3.63, 3.8) is 0 Å². The second kappa shape index (κ2) is 7.80. The van der Waals surface area contributed by atoms with Crippen LogP contribution < -0.4 is 10.6 Å². The summed E-state index contributed by atoms with van der Waals surface area (Å²) < 4.78 is 25.0. The van der Waals surface area contributed by atoms with Crippen LogP contribution in [0.25, 0.3) is 0 Å². The van der Waals surface area contributed by atoms with Gasteiger partial charge in [-0.1, -0.05) is 11.6 Å². The van der Waals surface area contributed by atoms with Crippen LogP contribution in [-0.4, -0.2) is 75.1 Å². The number of halogens is 1. The second-order valence-electron chi connectivity index (χ2n) is 6.26. The molecule has 0 amide bonds.